The van der Waals surface area contributed by atoms with Crippen LogP contribution >= 0.6 is 0 Å². The number of hydrogen-bond donors (Lipinski definition) is 2. The van der Waals surface area contributed by atoms with Crippen molar-refractivity contribution < 1.29 is 9.53 Å². The Morgan fingerprint density at radius 3 is 2.50 bits per heavy atom. The van der Waals surface area contributed by atoms with Crippen molar-refractivity contribution in [1.29, 1.82) is 0 Å². The van der Waals surface area contributed by atoms with Gasteiger partial charge in [0.05, 0.1) is 12.6 Å². The zero-order valence-corrected chi connectivity index (χ0v) is 10.1. The quantitative estimate of drug-likeness (QED) is 0.817. The van der Waals surface area contributed by atoms with E-state index in [1.54, 1.807) is 33.1 Å². The third-order valence-electron chi connectivity index (χ3n) is 2.27. The average Bonchev–Trinajstić information content (AvgIpc) is 2.19. The van der Waals surface area contributed by atoms with Crippen molar-refractivity contribution in [1.82, 2.24) is 0 Å². The van der Waals surface area contributed by atoms with E-state index in [2.05, 4.69) is 5.32 Å². The summed E-state index contributed by atoms with van der Waals surface area (Å²) in [5.41, 5.74) is 6.51. The van der Waals surface area contributed by atoms with E-state index in [4.69, 9.17) is 10.5 Å². The Hall–Kier alpha value is -1.55. The zero-order valence-electron chi connectivity index (χ0n) is 10.1. The molecule has 0 unspecified atom stereocenters. The van der Waals surface area contributed by atoms with Crippen molar-refractivity contribution in [2.24, 2.45) is 5.73 Å². The van der Waals surface area contributed by atoms with Crippen molar-refractivity contribution in [3.8, 4) is 5.75 Å². The van der Waals surface area contributed by atoms with Crippen LogP contribution in [-0.2, 0) is 4.79 Å². The van der Waals surface area contributed by atoms with Crippen LogP contribution in [0.3, 0.4) is 0 Å². The minimum atomic E-state index is -0.883. The molecule has 0 spiro atoms. The molecule has 0 saturated carbocycles. The van der Waals surface area contributed by atoms with E-state index in [0.29, 0.717) is 0 Å². The summed E-state index contributed by atoms with van der Waals surface area (Å²) in [5, 5.41) is 2.78. The van der Waals surface area contributed by atoms with E-state index in [9.17, 15) is 4.79 Å². The van der Waals surface area contributed by atoms with Gasteiger partial charge in [0.2, 0.25) is 5.91 Å². The van der Waals surface area contributed by atoms with E-state index < -0.39 is 5.54 Å². The number of hydrogen-bond acceptors (Lipinski definition) is 3. The summed E-state index contributed by atoms with van der Waals surface area (Å²) in [4.78, 5) is 11.7. The van der Waals surface area contributed by atoms with Crippen LogP contribution in [0.4, 0.5) is 5.69 Å². The first-order chi connectivity index (χ1) is 7.34. The zero-order chi connectivity index (χ0) is 12.3. The number of carbonyl (C=O) groups is 1. The molecule has 0 heterocycles. The van der Waals surface area contributed by atoms with E-state index in [0.717, 1.165) is 17.0 Å². The van der Waals surface area contributed by atoms with Crippen LogP contribution in [0.15, 0.2) is 18.2 Å². The molecule has 1 aromatic carbocycles. The SMILES string of the molecule is COc1ccc(NC(=O)C(C)(C)N)c(C)c1. The molecule has 0 aliphatic heterocycles. The second kappa shape index (κ2) is 4.53. The molecule has 0 atom stereocenters. The van der Waals surface area contributed by atoms with Gasteiger partial charge in [0.1, 0.15) is 5.75 Å². The molecule has 0 saturated heterocycles. The summed E-state index contributed by atoms with van der Waals surface area (Å²) in [5.74, 6) is 0.559. The van der Waals surface area contributed by atoms with Crippen molar-refractivity contribution >= 4 is 11.6 Å². The van der Waals surface area contributed by atoms with Gasteiger partial charge in [-0.2, -0.15) is 0 Å². The molecular formula is C12H18N2O2. The Labute approximate surface area is 95.8 Å². The van der Waals surface area contributed by atoms with Crippen molar-refractivity contribution in [2.45, 2.75) is 26.3 Å². The maximum absolute atomic E-state index is 11.7. The normalized spacial score (nSPS) is 11.1. The van der Waals surface area contributed by atoms with Gasteiger partial charge < -0.3 is 15.8 Å². The summed E-state index contributed by atoms with van der Waals surface area (Å²) in [6, 6.07) is 5.46. The summed E-state index contributed by atoms with van der Waals surface area (Å²) < 4.78 is 5.08. The summed E-state index contributed by atoms with van der Waals surface area (Å²) in [6.45, 7) is 5.24. The van der Waals surface area contributed by atoms with Gasteiger partial charge in [-0.05, 0) is 44.5 Å². The first-order valence-corrected chi connectivity index (χ1v) is 5.09. The van der Waals surface area contributed by atoms with Gasteiger partial charge in [-0.3, -0.25) is 4.79 Å². The number of methoxy groups -OCH3 is 1. The second-order valence-electron chi connectivity index (χ2n) is 4.36. The number of aryl methyl sites for hydroxylation is 1. The first-order valence-electron chi connectivity index (χ1n) is 5.09. The lowest BCUT2D eigenvalue weighted by atomic mass is 10.1. The molecule has 1 rings (SSSR count). The van der Waals surface area contributed by atoms with Crippen molar-refractivity contribution in [3.63, 3.8) is 0 Å². The van der Waals surface area contributed by atoms with E-state index >= 15 is 0 Å². The number of carbonyl (C=O) groups excluding carboxylic acids is 1. The van der Waals surface area contributed by atoms with Crippen LogP contribution in [0.5, 0.6) is 5.75 Å². The van der Waals surface area contributed by atoms with Crippen LogP contribution < -0.4 is 15.8 Å². The lowest BCUT2D eigenvalue weighted by molar-refractivity contribution is -0.120. The number of ether oxygens (including phenoxy) is 1. The lowest BCUT2D eigenvalue weighted by Gasteiger charge is -2.19. The predicted molar refractivity (Wildman–Crippen MR) is 64.6 cm³/mol. The van der Waals surface area contributed by atoms with Crippen molar-refractivity contribution in [3.05, 3.63) is 23.8 Å². The van der Waals surface area contributed by atoms with E-state index in [-0.39, 0.29) is 5.91 Å². The third kappa shape index (κ3) is 2.97. The second-order valence-corrected chi connectivity index (χ2v) is 4.36. The molecule has 0 radical (unpaired) electrons. The fourth-order valence-corrected chi connectivity index (χ4v) is 1.19. The molecular weight excluding hydrogens is 204 g/mol. The highest BCUT2D eigenvalue weighted by Gasteiger charge is 2.22. The number of anilines is 1. The summed E-state index contributed by atoms with van der Waals surface area (Å²) in [6.07, 6.45) is 0. The van der Waals surface area contributed by atoms with E-state index in [1.807, 2.05) is 13.0 Å². The molecule has 16 heavy (non-hydrogen) atoms. The lowest BCUT2D eigenvalue weighted by Crippen LogP contribution is -2.45. The maximum atomic E-state index is 11.7. The van der Waals surface area contributed by atoms with Gasteiger partial charge in [-0.25, -0.2) is 0 Å². The Bertz CT molecular complexity index is 394. The fraction of sp³-hybridized carbons (Fsp3) is 0.417. The topological polar surface area (TPSA) is 64.3 Å². The van der Waals surface area contributed by atoms with Crippen LogP contribution in [0, 0.1) is 6.92 Å². The largest absolute Gasteiger partial charge is 0.497 e. The van der Waals surface area contributed by atoms with Gasteiger partial charge in [0, 0.05) is 5.69 Å². The molecule has 0 fully saturated rings. The highest BCUT2D eigenvalue weighted by Crippen LogP contribution is 2.21. The van der Waals surface area contributed by atoms with Crippen LogP contribution in [0.1, 0.15) is 19.4 Å². The molecule has 4 heteroatoms. The first kappa shape index (κ1) is 12.5. The molecule has 1 amide bonds. The predicted octanol–water partition coefficient (Wildman–Crippen LogP) is 1.68. The van der Waals surface area contributed by atoms with Gasteiger partial charge in [0.15, 0.2) is 0 Å². The molecule has 0 aromatic heterocycles. The van der Waals surface area contributed by atoms with Crippen molar-refractivity contribution in [2.75, 3.05) is 12.4 Å². The molecule has 88 valence electrons. The van der Waals surface area contributed by atoms with Crippen LogP contribution in [0.2, 0.25) is 0 Å². The Balaban J connectivity index is 2.87. The number of nitrogens with one attached hydrogen (secondary N) is 1. The van der Waals surface area contributed by atoms with E-state index in [1.165, 1.54) is 0 Å². The summed E-state index contributed by atoms with van der Waals surface area (Å²) in [7, 11) is 1.61. The van der Waals surface area contributed by atoms with Gasteiger partial charge in [-0.15, -0.1) is 0 Å². The minimum absolute atomic E-state index is 0.208. The fourth-order valence-electron chi connectivity index (χ4n) is 1.19. The molecule has 4 nitrogen and oxygen atoms in total. The standard InChI is InChI=1S/C12H18N2O2/c1-8-7-9(16-4)5-6-10(8)14-11(15)12(2,3)13/h5-7H,13H2,1-4H3,(H,14,15). The van der Waals surface area contributed by atoms with Crippen LogP contribution in [-0.4, -0.2) is 18.6 Å². The Morgan fingerprint density at radius 1 is 1.44 bits per heavy atom. The smallest absolute Gasteiger partial charge is 0.243 e. The molecule has 3 N–H and O–H groups in total. The monoisotopic (exact) mass is 222 g/mol. The highest BCUT2D eigenvalue weighted by molar-refractivity contribution is 5.97. The molecule has 1 aromatic rings. The highest BCUT2D eigenvalue weighted by atomic mass is 16.5. The number of nitrogens with two attached hydrogens (primary N) is 1. The Kier molecular flexibility index (Phi) is 3.55. The maximum Gasteiger partial charge on any atom is 0.243 e. The minimum Gasteiger partial charge on any atom is -0.497 e. The third-order valence-corrected chi connectivity index (χ3v) is 2.27. The number of rotatable bonds is 3. The Morgan fingerprint density at radius 2 is 2.06 bits per heavy atom. The average molecular weight is 222 g/mol. The van der Waals surface area contributed by atoms with Gasteiger partial charge in [0.25, 0.3) is 0 Å². The van der Waals surface area contributed by atoms with Gasteiger partial charge >= 0.3 is 0 Å². The number of amides is 1. The molecule has 0 aliphatic carbocycles. The molecule has 0 aliphatic rings. The van der Waals surface area contributed by atoms with Crippen LogP contribution in [0.25, 0.3) is 0 Å². The number of benzene rings is 1. The molecule has 0 bridgehead atoms. The van der Waals surface area contributed by atoms with Gasteiger partial charge in [-0.1, -0.05) is 0 Å². The summed E-state index contributed by atoms with van der Waals surface area (Å²) >= 11 is 0.